The summed E-state index contributed by atoms with van der Waals surface area (Å²) in [6.07, 6.45) is 12.6. The van der Waals surface area contributed by atoms with E-state index in [0.29, 0.717) is 0 Å². The summed E-state index contributed by atoms with van der Waals surface area (Å²) in [7, 11) is 4.61. The summed E-state index contributed by atoms with van der Waals surface area (Å²) in [5.74, 6) is 0.818. The molecule has 0 bridgehead atoms. The van der Waals surface area contributed by atoms with Crippen molar-refractivity contribution in [3.63, 3.8) is 0 Å². The maximum atomic E-state index is 2.62. The topological polar surface area (TPSA) is 6.48 Å². The van der Waals surface area contributed by atoms with Crippen molar-refractivity contribution in [3.05, 3.63) is 29.8 Å². The molecule has 23 heavy (non-hydrogen) atoms. The fraction of sp³-hybridized carbons (Fsp3) is 0.714. The van der Waals surface area contributed by atoms with Gasteiger partial charge in [0.1, 0.15) is 0 Å². The third-order valence-electron chi connectivity index (χ3n) is 6.10. The molecule has 2 heteroatoms. The Morgan fingerprint density at radius 1 is 0.870 bits per heavy atom. The van der Waals surface area contributed by atoms with E-state index in [1.54, 1.807) is 5.56 Å². The Morgan fingerprint density at radius 3 is 2.30 bits per heavy atom. The molecule has 0 amide bonds. The zero-order chi connectivity index (χ0) is 16.1. The fourth-order valence-corrected chi connectivity index (χ4v) is 4.28. The van der Waals surface area contributed by atoms with Crippen LogP contribution in [-0.4, -0.2) is 38.1 Å². The highest BCUT2D eigenvalue weighted by molar-refractivity contribution is 5.55. The Hall–Kier alpha value is -1.02. The van der Waals surface area contributed by atoms with Gasteiger partial charge in [0, 0.05) is 25.3 Å². The highest BCUT2D eigenvalue weighted by atomic mass is 15.1. The summed E-state index contributed by atoms with van der Waals surface area (Å²) in [4.78, 5) is 5.10. The van der Waals surface area contributed by atoms with Crippen LogP contribution in [0.2, 0.25) is 0 Å². The lowest BCUT2D eigenvalue weighted by Crippen LogP contribution is -2.35. The van der Waals surface area contributed by atoms with Crippen molar-refractivity contribution in [1.29, 1.82) is 0 Å². The van der Waals surface area contributed by atoms with E-state index in [4.69, 9.17) is 0 Å². The van der Waals surface area contributed by atoms with Gasteiger partial charge in [-0.3, -0.25) is 0 Å². The van der Waals surface area contributed by atoms with Crippen LogP contribution in [0, 0.1) is 0 Å². The Bertz CT molecular complexity index is 474. The third kappa shape index (κ3) is 4.29. The fourth-order valence-electron chi connectivity index (χ4n) is 4.28. The van der Waals surface area contributed by atoms with E-state index in [2.05, 4.69) is 48.2 Å². The molecular formula is C21H34N2. The molecule has 1 aromatic carbocycles. The number of para-hydroxylation sites is 1. The van der Waals surface area contributed by atoms with Crippen molar-refractivity contribution in [1.82, 2.24) is 4.90 Å². The van der Waals surface area contributed by atoms with Crippen molar-refractivity contribution in [2.24, 2.45) is 0 Å². The quantitative estimate of drug-likeness (QED) is 0.695. The zero-order valence-corrected chi connectivity index (χ0v) is 15.1. The highest BCUT2D eigenvalue weighted by Gasteiger charge is 2.23. The van der Waals surface area contributed by atoms with Gasteiger partial charge in [0.2, 0.25) is 0 Å². The molecule has 0 heterocycles. The lowest BCUT2D eigenvalue weighted by atomic mass is 9.79. The monoisotopic (exact) mass is 314 g/mol. The first kappa shape index (κ1) is 16.8. The molecule has 128 valence electrons. The van der Waals surface area contributed by atoms with Crippen LogP contribution in [0.15, 0.2) is 24.3 Å². The smallest absolute Gasteiger partial charge is 0.0399 e. The number of hydrogen-bond acceptors (Lipinski definition) is 2. The second kappa shape index (κ2) is 8.19. The normalized spacial score (nSPS) is 19.8. The summed E-state index contributed by atoms with van der Waals surface area (Å²) >= 11 is 0. The molecule has 2 saturated carbocycles. The minimum Gasteiger partial charge on any atom is -0.374 e. The first-order chi connectivity index (χ1) is 11.3. The lowest BCUT2D eigenvalue weighted by molar-refractivity contribution is 0.191. The number of nitrogens with zero attached hydrogens (tertiary/aromatic N) is 2. The SMILES string of the molecule is CN(CCCN(C)C1CCCCC1)c1ccccc1C1CCC1. The maximum absolute atomic E-state index is 2.62. The predicted molar refractivity (Wildman–Crippen MR) is 100 cm³/mol. The molecule has 3 rings (SSSR count). The van der Waals surface area contributed by atoms with E-state index in [1.165, 1.54) is 76.6 Å². The number of rotatable bonds is 7. The number of benzene rings is 1. The summed E-state index contributed by atoms with van der Waals surface area (Å²) in [5.41, 5.74) is 3.06. The molecule has 0 spiro atoms. The van der Waals surface area contributed by atoms with Crippen molar-refractivity contribution in [3.8, 4) is 0 Å². The zero-order valence-electron chi connectivity index (χ0n) is 15.1. The molecule has 0 saturated heterocycles. The average Bonchev–Trinajstić information content (AvgIpc) is 2.54. The van der Waals surface area contributed by atoms with Crippen LogP contribution in [0.3, 0.4) is 0 Å². The molecule has 2 fully saturated rings. The van der Waals surface area contributed by atoms with Gasteiger partial charge in [-0.2, -0.15) is 0 Å². The Balaban J connectivity index is 1.48. The van der Waals surface area contributed by atoms with E-state index in [0.717, 1.165) is 12.0 Å². The largest absolute Gasteiger partial charge is 0.374 e. The van der Waals surface area contributed by atoms with Gasteiger partial charge in [0.15, 0.2) is 0 Å². The van der Waals surface area contributed by atoms with E-state index in [-0.39, 0.29) is 0 Å². The average molecular weight is 315 g/mol. The molecule has 2 aliphatic rings. The van der Waals surface area contributed by atoms with Crippen LogP contribution in [0.1, 0.15) is 69.3 Å². The van der Waals surface area contributed by atoms with Gasteiger partial charge < -0.3 is 9.80 Å². The van der Waals surface area contributed by atoms with Gasteiger partial charge in [0.05, 0.1) is 0 Å². The van der Waals surface area contributed by atoms with E-state index >= 15 is 0 Å². The second-order valence-corrected chi connectivity index (χ2v) is 7.73. The van der Waals surface area contributed by atoms with E-state index < -0.39 is 0 Å². The Labute approximate surface area is 142 Å². The maximum Gasteiger partial charge on any atom is 0.0399 e. The number of anilines is 1. The van der Waals surface area contributed by atoms with Crippen LogP contribution in [0.4, 0.5) is 5.69 Å². The van der Waals surface area contributed by atoms with Crippen molar-refractivity contribution in [2.75, 3.05) is 32.1 Å². The third-order valence-corrected chi connectivity index (χ3v) is 6.10. The molecule has 0 unspecified atom stereocenters. The van der Waals surface area contributed by atoms with Crippen LogP contribution in [0.25, 0.3) is 0 Å². The molecular weight excluding hydrogens is 280 g/mol. The predicted octanol–water partition coefficient (Wildman–Crippen LogP) is 5.04. The van der Waals surface area contributed by atoms with Crippen molar-refractivity contribution < 1.29 is 0 Å². The molecule has 0 N–H and O–H groups in total. The summed E-state index contributed by atoms with van der Waals surface area (Å²) in [6.45, 7) is 2.40. The molecule has 0 aliphatic heterocycles. The van der Waals surface area contributed by atoms with Gasteiger partial charge in [0.25, 0.3) is 0 Å². The molecule has 0 aromatic heterocycles. The Kier molecular flexibility index (Phi) is 5.99. The van der Waals surface area contributed by atoms with Gasteiger partial charge in [-0.1, -0.05) is 43.9 Å². The standard InChI is InChI=1S/C21H34N2/c1-22(19-12-4-3-5-13-19)16-9-17-23(2)21-15-7-6-14-20(21)18-10-8-11-18/h6-7,14-15,18-19H,3-5,8-13,16-17H2,1-2H3. The summed E-state index contributed by atoms with van der Waals surface area (Å²) in [6, 6.07) is 9.92. The van der Waals surface area contributed by atoms with Gasteiger partial charge in [-0.25, -0.2) is 0 Å². The lowest BCUT2D eigenvalue weighted by Gasteiger charge is -2.33. The minimum atomic E-state index is 0.818. The van der Waals surface area contributed by atoms with Gasteiger partial charge in [-0.15, -0.1) is 0 Å². The summed E-state index contributed by atoms with van der Waals surface area (Å²) < 4.78 is 0. The second-order valence-electron chi connectivity index (χ2n) is 7.73. The van der Waals surface area contributed by atoms with Crippen LogP contribution >= 0.6 is 0 Å². The van der Waals surface area contributed by atoms with E-state index in [1.807, 2.05) is 0 Å². The van der Waals surface area contributed by atoms with Crippen molar-refractivity contribution in [2.45, 2.75) is 69.7 Å². The molecule has 0 atom stereocenters. The highest BCUT2D eigenvalue weighted by Crippen LogP contribution is 2.40. The van der Waals surface area contributed by atoms with Gasteiger partial charge in [-0.05, 0) is 63.2 Å². The first-order valence-electron chi connectivity index (χ1n) is 9.76. The van der Waals surface area contributed by atoms with Gasteiger partial charge >= 0.3 is 0 Å². The van der Waals surface area contributed by atoms with Crippen LogP contribution < -0.4 is 4.90 Å². The summed E-state index contributed by atoms with van der Waals surface area (Å²) in [5, 5.41) is 0. The van der Waals surface area contributed by atoms with Crippen LogP contribution in [0.5, 0.6) is 0 Å². The molecule has 0 radical (unpaired) electrons. The van der Waals surface area contributed by atoms with E-state index in [9.17, 15) is 0 Å². The number of hydrogen-bond donors (Lipinski definition) is 0. The Morgan fingerprint density at radius 2 is 1.61 bits per heavy atom. The van der Waals surface area contributed by atoms with Crippen molar-refractivity contribution >= 4 is 5.69 Å². The van der Waals surface area contributed by atoms with Crippen LogP contribution in [-0.2, 0) is 0 Å². The molecule has 2 aliphatic carbocycles. The molecule has 1 aromatic rings. The first-order valence-corrected chi connectivity index (χ1v) is 9.76. The molecule has 2 nitrogen and oxygen atoms in total. The minimum absolute atomic E-state index is 0.818.